The van der Waals surface area contributed by atoms with E-state index in [9.17, 15) is 4.39 Å². The van der Waals surface area contributed by atoms with Gasteiger partial charge in [-0.2, -0.15) is 0 Å². The van der Waals surface area contributed by atoms with Crippen molar-refractivity contribution in [3.05, 3.63) is 78.1 Å². The topological polar surface area (TPSA) is 55.3 Å². The first-order chi connectivity index (χ1) is 12.2. The molecule has 0 fully saturated rings. The molecule has 0 atom stereocenters. The van der Waals surface area contributed by atoms with Gasteiger partial charge in [-0.1, -0.05) is 42.5 Å². The third kappa shape index (κ3) is 4.98. The number of hydrogen-bond acceptors (Lipinski definition) is 4. The molecule has 0 aliphatic carbocycles. The van der Waals surface area contributed by atoms with Crippen molar-refractivity contribution < 1.29 is 8.81 Å². The molecule has 0 amide bonds. The van der Waals surface area contributed by atoms with Gasteiger partial charge in [0.1, 0.15) is 5.82 Å². The van der Waals surface area contributed by atoms with E-state index in [0.717, 1.165) is 19.5 Å². The summed E-state index contributed by atoms with van der Waals surface area (Å²) in [6.07, 6.45) is 2.58. The molecule has 2 aromatic carbocycles. The third-order valence-corrected chi connectivity index (χ3v) is 4.03. The molecule has 0 radical (unpaired) electrons. The minimum atomic E-state index is -0.289. The first-order valence-corrected chi connectivity index (χ1v) is 8.41. The Bertz CT molecular complexity index is 788. The van der Waals surface area contributed by atoms with Crippen LogP contribution in [0.3, 0.4) is 0 Å². The molecule has 2 N–H and O–H groups in total. The van der Waals surface area contributed by atoms with Gasteiger partial charge in [-0.3, -0.25) is 4.90 Å². The Morgan fingerprint density at radius 1 is 1.04 bits per heavy atom. The van der Waals surface area contributed by atoms with Crippen molar-refractivity contribution in [3.8, 4) is 11.3 Å². The number of benzene rings is 2. The lowest BCUT2D eigenvalue weighted by molar-refractivity contribution is 0.249. The Kier molecular flexibility index (Phi) is 5.93. The normalized spacial score (nSPS) is 11.2. The molecule has 0 aliphatic rings. The molecule has 1 heterocycles. The number of nitrogens with zero attached hydrogens (tertiary/aromatic N) is 2. The van der Waals surface area contributed by atoms with Crippen molar-refractivity contribution in [1.29, 1.82) is 0 Å². The van der Waals surface area contributed by atoms with Gasteiger partial charge in [-0.05, 0) is 24.1 Å². The Morgan fingerprint density at radius 2 is 1.88 bits per heavy atom. The highest BCUT2D eigenvalue weighted by molar-refractivity contribution is 5.56. The SMILES string of the molecule is NCCN(CCc1ccccc1)Cc1ncc(-c2cccc(F)c2)o1. The standard InChI is InChI=1S/C20H22FN3O/c21-18-8-4-7-17(13-18)19-14-23-20(25-19)15-24(12-10-22)11-9-16-5-2-1-3-6-16/h1-8,13-14H,9-12,15,22H2. The molecule has 3 aromatic rings. The van der Waals surface area contributed by atoms with Gasteiger partial charge in [0, 0.05) is 25.2 Å². The van der Waals surface area contributed by atoms with E-state index in [-0.39, 0.29) is 5.82 Å². The Balaban J connectivity index is 1.64. The van der Waals surface area contributed by atoms with Crippen molar-refractivity contribution >= 4 is 0 Å². The minimum Gasteiger partial charge on any atom is -0.439 e. The summed E-state index contributed by atoms with van der Waals surface area (Å²) in [6.45, 7) is 2.80. The quantitative estimate of drug-likeness (QED) is 0.683. The lowest BCUT2D eigenvalue weighted by Gasteiger charge is -2.19. The Labute approximate surface area is 147 Å². The predicted octanol–water partition coefficient (Wildman–Crippen LogP) is 3.48. The number of halogens is 1. The van der Waals surface area contributed by atoms with E-state index in [4.69, 9.17) is 10.2 Å². The molecular weight excluding hydrogens is 317 g/mol. The molecular formula is C20H22FN3O. The second kappa shape index (κ2) is 8.55. The molecule has 0 saturated carbocycles. The second-order valence-electron chi connectivity index (χ2n) is 5.93. The molecule has 3 rings (SSSR count). The van der Waals surface area contributed by atoms with Crippen LogP contribution >= 0.6 is 0 Å². The van der Waals surface area contributed by atoms with Crippen molar-refractivity contribution in [2.24, 2.45) is 5.73 Å². The van der Waals surface area contributed by atoms with E-state index < -0.39 is 0 Å². The summed E-state index contributed by atoms with van der Waals surface area (Å²) in [4.78, 5) is 6.54. The smallest absolute Gasteiger partial charge is 0.209 e. The van der Waals surface area contributed by atoms with Crippen LogP contribution in [0.25, 0.3) is 11.3 Å². The van der Waals surface area contributed by atoms with Crippen LogP contribution < -0.4 is 5.73 Å². The predicted molar refractivity (Wildman–Crippen MR) is 96.4 cm³/mol. The van der Waals surface area contributed by atoms with Crippen LogP contribution in [0.5, 0.6) is 0 Å². The zero-order valence-electron chi connectivity index (χ0n) is 14.1. The van der Waals surface area contributed by atoms with Gasteiger partial charge < -0.3 is 10.2 Å². The summed E-state index contributed by atoms with van der Waals surface area (Å²) >= 11 is 0. The molecule has 5 heteroatoms. The van der Waals surface area contributed by atoms with Crippen LogP contribution in [0.1, 0.15) is 11.5 Å². The van der Waals surface area contributed by atoms with Gasteiger partial charge in [0.2, 0.25) is 5.89 Å². The maximum atomic E-state index is 13.3. The summed E-state index contributed by atoms with van der Waals surface area (Å²) < 4.78 is 19.1. The zero-order valence-corrected chi connectivity index (χ0v) is 14.1. The van der Waals surface area contributed by atoms with E-state index in [1.165, 1.54) is 17.7 Å². The van der Waals surface area contributed by atoms with E-state index >= 15 is 0 Å². The summed E-state index contributed by atoms with van der Waals surface area (Å²) in [7, 11) is 0. The zero-order chi connectivity index (χ0) is 17.5. The molecule has 0 bridgehead atoms. The average Bonchev–Trinajstić information content (AvgIpc) is 3.09. The largest absolute Gasteiger partial charge is 0.439 e. The highest BCUT2D eigenvalue weighted by Crippen LogP contribution is 2.21. The van der Waals surface area contributed by atoms with Crippen molar-refractivity contribution in [3.63, 3.8) is 0 Å². The molecule has 4 nitrogen and oxygen atoms in total. The van der Waals surface area contributed by atoms with E-state index in [0.29, 0.717) is 30.3 Å². The van der Waals surface area contributed by atoms with E-state index in [2.05, 4.69) is 22.0 Å². The fraction of sp³-hybridized carbons (Fsp3) is 0.250. The monoisotopic (exact) mass is 339 g/mol. The van der Waals surface area contributed by atoms with Crippen LogP contribution in [0.4, 0.5) is 4.39 Å². The third-order valence-electron chi connectivity index (χ3n) is 4.03. The van der Waals surface area contributed by atoms with Crippen molar-refractivity contribution in [1.82, 2.24) is 9.88 Å². The number of rotatable bonds is 8. The fourth-order valence-electron chi connectivity index (χ4n) is 2.73. The Hall–Kier alpha value is -2.50. The van der Waals surface area contributed by atoms with E-state index in [1.807, 2.05) is 18.2 Å². The molecule has 130 valence electrons. The van der Waals surface area contributed by atoms with Crippen LogP contribution in [-0.4, -0.2) is 29.5 Å². The van der Waals surface area contributed by atoms with Crippen molar-refractivity contribution in [2.45, 2.75) is 13.0 Å². The maximum absolute atomic E-state index is 13.3. The molecule has 0 saturated heterocycles. The number of oxazole rings is 1. The highest BCUT2D eigenvalue weighted by atomic mass is 19.1. The van der Waals surface area contributed by atoms with Crippen LogP contribution in [0, 0.1) is 5.82 Å². The summed E-state index contributed by atoms with van der Waals surface area (Å²) in [5.41, 5.74) is 7.71. The number of nitrogens with two attached hydrogens (primary N) is 1. The Morgan fingerprint density at radius 3 is 2.64 bits per heavy atom. The minimum absolute atomic E-state index is 0.289. The van der Waals surface area contributed by atoms with E-state index in [1.54, 1.807) is 18.3 Å². The molecule has 0 spiro atoms. The van der Waals surface area contributed by atoms with Crippen LogP contribution in [0.15, 0.2) is 65.2 Å². The summed E-state index contributed by atoms with van der Waals surface area (Å²) in [6, 6.07) is 16.7. The molecule has 1 aromatic heterocycles. The van der Waals surface area contributed by atoms with Gasteiger partial charge in [-0.15, -0.1) is 0 Å². The second-order valence-corrected chi connectivity index (χ2v) is 5.93. The number of hydrogen-bond donors (Lipinski definition) is 1. The highest BCUT2D eigenvalue weighted by Gasteiger charge is 2.12. The summed E-state index contributed by atoms with van der Waals surface area (Å²) in [5.74, 6) is 0.897. The molecule has 25 heavy (non-hydrogen) atoms. The lowest BCUT2D eigenvalue weighted by atomic mass is 10.1. The lowest BCUT2D eigenvalue weighted by Crippen LogP contribution is -2.31. The van der Waals surface area contributed by atoms with Gasteiger partial charge in [-0.25, -0.2) is 9.37 Å². The van der Waals surface area contributed by atoms with Crippen LogP contribution in [0.2, 0.25) is 0 Å². The fourth-order valence-corrected chi connectivity index (χ4v) is 2.73. The van der Waals surface area contributed by atoms with Gasteiger partial charge in [0.05, 0.1) is 12.7 Å². The van der Waals surface area contributed by atoms with Gasteiger partial charge >= 0.3 is 0 Å². The average molecular weight is 339 g/mol. The molecule has 0 aliphatic heterocycles. The van der Waals surface area contributed by atoms with Gasteiger partial charge in [0.15, 0.2) is 5.76 Å². The first-order valence-electron chi connectivity index (χ1n) is 8.41. The first kappa shape index (κ1) is 17.3. The number of aromatic nitrogens is 1. The molecule has 0 unspecified atom stereocenters. The van der Waals surface area contributed by atoms with Crippen molar-refractivity contribution in [2.75, 3.05) is 19.6 Å². The maximum Gasteiger partial charge on any atom is 0.209 e. The van der Waals surface area contributed by atoms with Gasteiger partial charge in [0.25, 0.3) is 0 Å². The van der Waals surface area contributed by atoms with Crippen LogP contribution in [-0.2, 0) is 13.0 Å². The summed E-state index contributed by atoms with van der Waals surface area (Å²) in [5, 5.41) is 0.